The van der Waals surface area contributed by atoms with E-state index in [9.17, 15) is 9.59 Å². The lowest BCUT2D eigenvalue weighted by Gasteiger charge is -2.11. The van der Waals surface area contributed by atoms with Gasteiger partial charge in [-0.2, -0.15) is 0 Å². The number of rotatable bonds is 4. The summed E-state index contributed by atoms with van der Waals surface area (Å²) in [7, 11) is 1.53. The molecule has 1 unspecified atom stereocenters. The molecule has 0 aliphatic carbocycles. The number of amides is 2. The molecule has 0 radical (unpaired) electrons. The number of nitrogens with one attached hydrogen (secondary N) is 1. The molecule has 2 amide bonds. The van der Waals surface area contributed by atoms with Crippen molar-refractivity contribution >= 4 is 11.8 Å². The third kappa shape index (κ3) is 2.41. The quantitative estimate of drug-likeness (QED) is 0.813. The van der Waals surface area contributed by atoms with Crippen LogP contribution in [-0.4, -0.2) is 43.0 Å². The number of hydrogen-bond donors (Lipinski definition) is 1. The monoisotopic (exact) mass is 274 g/mol. The summed E-state index contributed by atoms with van der Waals surface area (Å²) in [6.45, 7) is 1.46. The fourth-order valence-corrected chi connectivity index (χ4v) is 2.70. The largest absolute Gasteiger partial charge is 0.493 e. The second-order valence-electron chi connectivity index (χ2n) is 5.29. The van der Waals surface area contributed by atoms with Gasteiger partial charge in [-0.3, -0.25) is 14.5 Å². The molecular weight excluding hydrogens is 256 g/mol. The number of nitrogens with zero attached hydrogens (tertiary/aromatic N) is 1. The average molecular weight is 274 g/mol. The van der Waals surface area contributed by atoms with Crippen LogP contribution in [0, 0.1) is 0 Å². The van der Waals surface area contributed by atoms with E-state index < -0.39 is 0 Å². The molecular formula is C15H18N2O3. The summed E-state index contributed by atoms with van der Waals surface area (Å²) in [6, 6.07) is 5.87. The van der Waals surface area contributed by atoms with Crippen LogP contribution in [0.25, 0.3) is 0 Å². The lowest BCUT2D eigenvalue weighted by atomic mass is 10.1. The highest BCUT2D eigenvalue weighted by Gasteiger charge is 2.35. The van der Waals surface area contributed by atoms with Crippen LogP contribution in [0.2, 0.25) is 0 Å². The molecule has 3 rings (SSSR count). The molecule has 106 valence electrons. The first-order chi connectivity index (χ1) is 9.65. The Bertz CT molecular complexity index is 556. The number of benzene rings is 1. The molecule has 0 spiro atoms. The van der Waals surface area contributed by atoms with E-state index in [1.165, 1.54) is 23.1 Å². The number of likely N-dealkylation sites (N-methyl/N-ethyl adjacent to an activating group) is 1. The molecule has 1 aromatic rings. The number of carbonyl (C=O) groups is 2. The van der Waals surface area contributed by atoms with Crippen molar-refractivity contribution in [3.05, 3.63) is 29.3 Å². The van der Waals surface area contributed by atoms with Gasteiger partial charge in [-0.15, -0.1) is 0 Å². The summed E-state index contributed by atoms with van der Waals surface area (Å²) < 4.78 is 5.47. The molecule has 0 bridgehead atoms. The van der Waals surface area contributed by atoms with Gasteiger partial charge in [-0.05, 0) is 30.2 Å². The Balaban J connectivity index is 1.53. The molecule has 5 nitrogen and oxygen atoms in total. The van der Waals surface area contributed by atoms with E-state index in [-0.39, 0.29) is 24.3 Å². The Morgan fingerprint density at radius 1 is 1.40 bits per heavy atom. The van der Waals surface area contributed by atoms with Crippen LogP contribution in [-0.2, 0) is 22.4 Å². The Morgan fingerprint density at radius 3 is 3.00 bits per heavy atom. The van der Waals surface area contributed by atoms with Gasteiger partial charge in [-0.1, -0.05) is 12.1 Å². The summed E-state index contributed by atoms with van der Waals surface area (Å²) in [6.07, 6.45) is 2.08. The number of hydrogen-bond acceptors (Lipinski definition) is 4. The Labute approximate surface area is 117 Å². The molecule has 0 saturated carbocycles. The number of carbonyl (C=O) groups excluding carboxylic acids is 2. The van der Waals surface area contributed by atoms with E-state index in [0.29, 0.717) is 6.54 Å². The van der Waals surface area contributed by atoms with Crippen LogP contribution in [0.4, 0.5) is 0 Å². The zero-order valence-corrected chi connectivity index (χ0v) is 11.5. The molecule has 5 heteroatoms. The molecule has 2 heterocycles. The van der Waals surface area contributed by atoms with Gasteiger partial charge in [0.1, 0.15) is 5.75 Å². The minimum absolute atomic E-state index is 0.109. The summed E-state index contributed by atoms with van der Waals surface area (Å²) in [4.78, 5) is 24.3. The number of likely N-dealkylation sites (tertiary alicyclic amines) is 1. The van der Waals surface area contributed by atoms with Gasteiger partial charge in [0.25, 0.3) is 0 Å². The van der Waals surface area contributed by atoms with E-state index in [2.05, 4.69) is 17.4 Å². The minimum Gasteiger partial charge on any atom is -0.493 e. The highest BCUT2D eigenvalue weighted by Crippen LogP contribution is 2.25. The molecule has 2 aliphatic rings. The first-order valence-electron chi connectivity index (χ1n) is 6.93. The van der Waals surface area contributed by atoms with Crippen molar-refractivity contribution in [2.75, 3.05) is 20.2 Å². The predicted octanol–water partition coefficient (Wildman–Crippen LogP) is 0.511. The highest BCUT2D eigenvalue weighted by atomic mass is 16.5. The number of imide groups is 1. The third-order valence-electron chi connectivity index (χ3n) is 3.94. The lowest BCUT2D eigenvalue weighted by Crippen LogP contribution is -2.38. The van der Waals surface area contributed by atoms with E-state index in [4.69, 9.17) is 4.74 Å². The van der Waals surface area contributed by atoms with Crippen molar-refractivity contribution in [2.24, 2.45) is 0 Å². The lowest BCUT2D eigenvalue weighted by molar-refractivity contribution is -0.137. The first-order valence-corrected chi connectivity index (χ1v) is 6.93. The topological polar surface area (TPSA) is 58.6 Å². The minimum atomic E-state index is -0.356. The van der Waals surface area contributed by atoms with Gasteiger partial charge in [-0.25, -0.2) is 0 Å². The Morgan fingerprint density at radius 2 is 2.25 bits per heavy atom. The van der Waals surface area contributed by atoms with Gasteiger partial charge in [0.2, 0.25) is 11.8 Å². The van der Waals surface area contributed by atoms with Crippen molar-refractivity contribution in [1.82, 2.24) is 10.2 Å². The maximum Gasteiger partial charge on any atom is 0.246 e. The molecule has 1 N–H and O–H groups in total. The van der Waals surface area contributed by atoms with Crippen LogP contribution in [0.15, 0.2) is 18.2 Å². The molecule has 2 aliphatic heterocycles. The fourth-order valence-electron chi connectivity index (χ4n) is 2.70. The SMILES string of the molecule is CN1C(=O)CC(NCCc2ccc3c(c2)CCO3)C1=O. The second-order valence-corrected chi connectivity index (χ2v) is 5.29. The molecule has 0 aromatic heterocycles. The van der Waals surface area contributed by atoms with E-state index in [1.54, 1.807) is 0 Å². The molecule has 1 fully saturated rings. The normalized spacial score (nSPS) is 21.2. The van der Waals surface area contributed by atoms with Crippen molar-refractivity contribution in [3.8, 4) is 5.75 Å². The van der Waals surface area contributed by atoms with Crippen molar-refractivity contribution in [3.63, 3.8) is 0 Å². The summed E-state index contributed by atoms with van der Waals surface area (Å²) in [5.74, 6) is 0.749. The van der Waals surface area contributed by atoms with Gasteiger partial charge in [0, 0.05) is 13.5 Å². The van der Waals surface area contributed by atoms with Crippen molar-refractivity contribution < 1.29 is 14.3 Å². The number of fused-ring (bicyclic) bond motifs is 1. The van der Waals surface area contributed by atoms with E-state index >= 15 is 0 Å². The maximum atomic E-state index is 11.7. The second kappa shape index (κ2) is 5.25. The zero-order valence-electron chi connectivity index (χ0n) is 11.5. The van der Waals surface area contributed by atoms with Gasteiger partial charge in [0.05, 0.1) is 19.1 Å². The zero-order chi connectivity index (χ0) is 14.1. The summed E-state index contributed by atoms with van der Waals surface area (Å²) >= 11 is 0. The van der Waals surface area contributed by atoms with Gasteiger partial charge < -0.3 is 10.1 Å². The van der Waals surface area contributed by atoms with Crippen molar-refractivity contribution in [1.29, 1.82) is 0 Å². The predicted molar refractivity (Wildman–Crippen MR) is 73.5 cm³/mol. The maximum absolute atomic E-state index is 11.7. The third-order valence-corrected chi connectivity index (χ3v) is 3.94. The van der Waals surface area contributed by atoms with E-state index in [1.807, 2.05) is 6.07 Å². The smallest absolute Gasteiger partial charge is 0.246 e. The van der Waals surface area contributed by atoms with E-state index in [0.717, 1.165) is 25.2 Å². The summed E-state index contributed by atoms with van der Waals surface area (Å²) in [5.41, 5.74) is 2.49. The molecule has 1 aromatic carbocycles. The molecule has 1 atom stereocenters. The first kappa shape index (κ1) is 13.1. The summed E-state index contributed by atoms with van der Waals surface area (Å²) in [5, 5.41) is 3.17. The molecule has 20 heavy (non-hydrogen) atoms. The standard InChI is InChI=1S/C15H18N2O3/c1-17-14(18)9-12(15(17)19)16-6-4-10-2-3-13-11(8-10)5-7-20-13/h2-3,8,12,16H,4-7,9H2,1H3. The van der Waals surface area contributed by atoms with Gasteiger partial charge in [0.15, 0.2) is 0 Å². The van der Waals surface area contributed by atoms with Crippen LogP contribution in [0.1, 0.15) is 17.5 Å². The van der Waals surface area contributed by atoms with Crippen LogP contribution in [0.3, 0.4) is 0 Å². The fraction of sp³-hybridized carbons (Fsp3) is 0.467. The Hall–Kier alpha value is -1.88. The average Bonchev–Trinajstić information content (AvgIpc) is 3.00. The Kier molecular flexibility index (Phi) is 3.44. The van der Waals surface area contributed by atoms with Crippen molar-refractivity contribution in [2.45, 2.75) is 25.3 Å². The highest BCUT2D eigenvalue weighted by molar-refractivity contribution is 6.05. The number of ether oxygens (including phenoxy) is 1. The van der Waals surface area contributed by atoms with Crippen LogP contribution >= 0.6 is 0 Å². The van der Waals surface area contributed by atoms with Crippen LogP contribution in [0.5, 0.6) is 5.75 Å². The van der Waals surface area contributed by atoms with Crippen LogP contribution < -0.4 is 10.1 Å². The van der Waals surface area contributed by atoms with Gasteiger partial charge >= 0.3 is 0 Å². The molecule has 1 saturated heterocycles.